The Morgan fingerprint density at radius 1 is 1.54 bits per heavy atom. The van der Waals surface area contributed by atoms with Gasteiger partial charge in [-0.15, -0.1) is 0 Å². The number of furan rings is 1. The molecule has 0 aliphatic carbocycles. The molecule has 0 bridgehead atoms. The maximum atomic E-state index is 5.64. The third-order valence-corrected chi connectivity index (χ3v) is 2.85. The number of hydrogen-bond donors (Lipinski definition) is 2. The molecule has 0 radical (unpaired) electrons. The summed E-state index contributed by atoms with van der Waals surface area (Å²) >= 11 is 1.54. The summed E-state index contributed by atoms with van der Waals surface area (Å²) in [6.45, 7) is 1.92. The number of H-pyrrole nitrogens is 1. The fourth-order valence-corrected chi connectivity index (χ4v) is 1.78. The number of nitrogens with one attached hydrogen (secondary N) is 1. The molecular formula is C8H9N3OS. The number of nitrogen functional groups attached to an aromatic ring is 1. The molecule has 0 aliphatic heterocycles. The van der Waals surface area contributed by atoms with Crippen LogP contribution in [0.25, 0.3) is 0 Å². The second-order valence-corrected chi connectivity index (χ2v) is 3.67. The molecule has 3 N–H and O–H groups in total. The van der Waals surface area contributed by atoms with Crippen LogP contribution in [0.4, 0.5) is 5.82 Å². The van der Waals surface area contributed by atoms with Gasteiger partial charge in [0.15, 0.2) is 0 Å². The van der Waals surface area contributed by atoms with E-state index in [4.69, 9.17) is 10.2 Å². The summed E-state index contributed by atoms with van der Waals surface area (Å²) in [6.07, 6.45) is 3.36. The lowest BCUT2D eigenvalue weighted by molar-refractivity contribution is 0.527. The van der Waals surface area contributed by atoms with Gasteiger partial charge in [0, 0.05) is 0 Å². The van der Waals surface area contributed by atoms with E-state index in [1.165, 1.54) is 0 Å². The van der Waals surface area contributed by atoms with Crippen molar-refractivity contribution < 1.29 is 4.42 Å². The molecule has 0 aliphatic rings. The van der Waals surface area contributed by atoms with E-state index < -0.39 is 0 Å². The molecule has 0 unspecified atom stereocenters. The minimum Gasteiger partial charge on any atom is -0.468 e. The minimum absolute atomic E-state index is 0.589. The van der Waals surface area contributed by atoms with Crippen LogP contribution in [0.15, 0.2) is 32.7 Å². The third-order valence-electron chi connectivity index (χ3n) is 1.66. The highest BCUT2D eigenvalue weighted by Crippen LogP contribution is 2.32. The van der Waals surface area contributed by atoms with Gasteiger partial charge in [0.1, 0.15) is 11.6 Å². The molecule has 0 atom stereocenters. The van der Waals surface area contributed by atoms with Crippen molar-refractivity contribution in [3.05, 3.63) is 24.3 Å². The van der Waals surface area contributed by atoms with E-state index in [1.807, 2.05) is 13.0 Å². The summed E-state index contributed by atoms with van der Waals surface area (Å²) in [6, 6.07) is 1.91. The van der Waals surface area contributed by atoms with Crippen LogP contribution >= 0.6 is 11.8 Å². The zero-order chi connectivity index (χ0) is 9.26. The molecule has 0 amide bonds. The van der Waals surface area contributed by atoms with E-state index >= 15 is 0 Å². The van der Waals surface area contributed by atoms with Crippen LogP contribution in [-0.4, -0.2) is 10.2 Å². The number of hydrogen-bond acceptors (Lipinski definition) is 4. The van der Waals surface area contributed by atoms with E-state index in [0.717, 1.165) is 15.6 Å². The zero-order valence-electron chi connectivity index (χ0n) is 7.07. The number of rotatable bonds is 2. The van der Waals surface area contributed by atoms with Crippen LogP contribution in [0.3, 0.4) is 0 Å². The van der Waals surface area contributed by atoms with Crippen molar-refractivity contribution in [1.29, 1.82) is 0 Å². The zero-order valence-corrected chi connectivity index (χ0v) is 7.89. The number of aromatic amines is 1. The number of anilines is 1. The molecule has 0 spiro atoms. The first-order valence-corrected chi connectivity index (χ1v) is 4.60. The Morgan fingerprint density at radius 2 is 2.38 bits per heavy atom. The molecule has 2 aromatic heterocycles. The first-order valence-electron chi connectivity index (χ1n) is 3.78. The third kappa shape index (κ3) is 1.55. The second-order valence-electron chi connectivity index (χ2n) is 2.59. The summed E-state index contributed by atoms with van der Waals surface area (Å²) in [4.78, 5) is 1.98. The monoisotopic (exact) mass is 195 g/mol. The Hall–Kier alpha value is -1.36. The van der Waals surface area contributed by atoms with Gasteiger partial charge < -0.3 is 10.2 Å². The van der Waals surface area contributed by atoms with Crippen LogP contribution in [0.2, 0.25) is 0 Å². The Kier molecular flexibility index (Phi) is 2.02. The van der Waals surface area contributed by atoms with Crippen LogP contribution in [-0.2, 0) is 0 Å². The van der Waals surface area contributed by atoms with E-state index in [1.54, 1.807) is 24.2 Å². The SMILES string of the molecule is Cc1occc1Sc1cn[nH]c1N. The van der Waals surface area contributed by atoms with Gasteiger partial charge in [0.2, 0.25) is 0 Å². The van der Waals surface area contributed by atoms with Crippen LogP contribution in [0, 0.1) is 6.92 Å². The highest BCUT2D eigenvalue weighted by Gasteiger charge is 2.07. The lowest BCUT2D eigenvalue weighted by Crippen LogP contribution is -1.85. The molecule has 68 valence electrons. The fraction of sp³-hybridized carbons (Fsp3) is 0.125. The summed E-state index contributed by atoms with van der Waals surface area (Å²) in [5, 5.41) is 6.51. The molecule has 0 saturated carbocycles. The first kappa shape index (κ1) is 8.25. The maximum absolute atomic E-state index is 5.64. The average Bonchev–Trinajstić information content (AvgIpc) is 2.65. The predicted octanol–water partition coefficient (Wildman–Crippen LogP) is 2.04. The Balaban J connectivity index is 2.24. The number of nitrogens with two attached hydrogens (primary N) is 1. The normalized spacial score (nSPS) is 10.5. The highest BCUT2D eigenvalue weighted by molar-refractivity contribution is 7.99. The van der Waals surface area contributed by atoms with Crippen LogP contribution in [0.1, 0.15) is 5.76 Å². The van der Waals surface area contributed by atoms with Gasteiger partial charge in [-0.1, -0.05) is 11.8 Å². The Labute approximate surface area is 79.5 Å². The van der Waals surface area contributed by atoms with Gasteiger partial charge in [-0.3, -0.25) is 5.10 Å². The van der Waals surface area contributed by atoms with Crippen molar-refractivity contribution in [3.63, 3.8) is 0 Å². The van der Waals surface area contributed by atoms with Crippen molar-refractivity contribution >= 4 is 17.6 Å². The molecular weight excluding hydrogens is 186 g/mol. The van der Waals surface area contributed by atoms with Gasteiger partial charge in [0.25, 0.3) is 0 Å². The van der Waals surface area contributed by atoms with Crippen molar-refractivity contribution in [1.82, 2.24) is 10.2 Å². The lowest BCUT2D eigenvalue weighted by atomic mass is 10.5. The quantitative estimate of drug-likeness (QED) is 0.769. The number of aryl methyl sites for hydroxylation is 1. The van der Waals surface area contributed by atoms with Gasteiger partial charge >= 0.3 is 0 Å². The average molecular weight is 195 g/mol. The van der Waals surface area contributed by atoms with Crippen molar-refractivity contribution in [2.45, 2.75) is 16.7 Å². The fourth-order valence-electron chi connectivity index (χ4n) is 0.964. The summed E-state index contributed by atoms with van der Waals surface area (Å²) in [7, 11) is 0. The maximum Gasteiger partial charge on any atom is 0.133 e. The highest BCUT2D eigenvalue weighted by atomic mass is 32.2. The van der Waals surface area contributed by atoms with Gasteiger partial charge in [-0.2, -0.15) is 5.10 Å². The summed E-state index contributed by atoms with van der Waals surface area (Å²) in [5.74, 6) is 1.48. The standard InChI is InChI=1S/C8H9N3OS/c1-5-6(2-3-12-5)13-7-4-10-11-8(7)9/h2-4H,1H3,(H3,9,10,11). The van der Waals surface area contributed by atoms with Crippen molar-refractivity contribution in [2.24, 2.45) is 0 Å². The molecule has 0 fully saturated rings. The number of aromatic nitrogens is 2. The molecule has 2 heterocycles. The Morgan fingerprint density at radius 3 is 2.92 bits per heavy atom. The first-order chi connectivity index (χ1) is 6.27. The van der Waals surface area contributed by atoms with Gasteiger partial charge in [-0.05, 0) is 13.0 Å². The van der Waals surface area contributed by atoms with Crippen LogP contribution in [0.5, 0.6) is 0 Å². The molecule has 2 aromatic rings. The number of nitrogens with zero attached hydrogens (tertiary/aromatic N) is 1. The molecule has 0 saturated heterocycles. The smallest absolute Gasteiger partial charge is 0.133 e. The Bertz CT molecular complexity index is 369. The van der Waals surface area contributed by atoms with Crippen LogP contribution < -0.4 is 5.73 Å². The van der Waals surface area contributed by atoms with E-state index in [2.05, 4.69) is 10.2 Å². The van der Waals surface area contributed by atoms with E-state index in [9.17, 15) is 0 Å². The summed E-state index contributed by atoms with van der Waals surface area (Å²) < 4.78 is 5.16. The largest absolute Gasteiger partial charge is 0.468 e. The second kappa shape index (κ2) is 3.18. The molecule has 5 heteroatoms. The van der Waals surface area contributed by atoms with E-state index in [-0.39, 0.29) is 0 Å². The lowest BCUT2D eigenvalue weighted by Gasteiger charge is -1.95. The molecule has 0 aromatic carbocycles. The molecule has 4 nitrogen and oxygen atoms in total. The predicted molar refractivity (Wildman–Crippen MR) is 50.6 cm³/mol. The topological polar surface area (TPSA) is 67.8 Å². The summed E-state index contributed by atoms with van der Waals surface area (Å²) in [5.41, 5.74) is 5.64. The molecule has 2 rings (SSSR count). The minimum atomic E-state index is 0.589. The van der Waals surface area contributed by atoms with Gasteiger partial charge in [0.05, 0.1) is 22.3 Å². The van der Waals surface area contributed by atoms with E-state index in [0.29, 0.717) is 5.82 Å². The van der Waals surface area contributed by atoms with Crippen molar-refractivity contribution in [3.8, 4) is 0 Å². The van der Waals surface area contributed by atoms with Crippen molar-refractivity contribution in [2.75, 3.05) is 5.73 Å². The van der Waals surface area contributed by atoms with Gasteiger partial charge in [-0.25, -0.2) is 0 Å². The molecule has 13 heavy (non-hydrogen) atoms.